The molecular formula is C17H28N2O4S. The normalized spacial score (nSPS) is 23.3. The van der Waals surface area contributed by atoms with Crippen LogP contribution in [-0.4, -0.2) is 36.4 Å². The third kappa shape index (κ3) is 4.77. The average Bonchev–Trinajstić information content (AvgIpc) is 2.86. The van der Waals surface area contributed by atoms with Crippen LogP contribution in [0.3, 0.4) is 0 Å². The first kappa shape index (κ1) is 19.3. The van der Waals surface area contributed by atoms with Crippen molar-refractivity contribution in [3.63, 3.8) is 0 Å². The van der Waals surface area contributed by atoms with E-state index in [1.165, 1.54) is 0 Å². The van der Waals surface area contributed by atoms with Crippen LogP contribution in [0.25, 0.3) is 0 Å². The van der Waals surface area contributed by atoms with Gasteiger partial charge in [-0.2, -0.15) is 0 Å². The topological polar surface area (TPSA) is 102 Å². The molecule has 1 fully saturated rings. The smallest absolute Gasteiger partial charge is 0.325 e. The standard InChI is InChI=1S/C17H28N2O4S/c1-11-12(7-5-9-14(11)18-17(20,21)22)13-8-6-10-15(13)19-24(23)16(2,3)4/h5,7,9,13,15,18-22H,6,8,10H2,1-4H3/t13?,15-,24?/m1/s1. The lowest BCUT2D eigenvalue weighted by Crippen LogP contribution is -2.41. The van der Waals surface area contributed by atoms with Crippen molar-refractivity contribution in [2.45, 2.75) is 69.8 Å². The maximum absolute atomic E-state index is 12.4. The fourth-order valence-corrected chi connectivity index (χ4v) is 4.07. The summed E-state index contributed by atoms with van der Waals surface area (Å²) in [6, 6.07) is 5.60. The Morgan fingerprint density at radius 2 is 1.83 bits per heavy atom. The van der Waals surface area contributed by atoms with E-state index in [1.54, 1.807) is 6.07 Å². The van der Waals surface area contributed by atoms with Crippen LogP contribution in [0.1, 0.15) is 57.1 Å². The second-order valence-electron chi connectivity index (χ2n) is 7.42. The van der Waals surface area contributed by atoms with E-state index in [0.717, 1.165) is 30.4 Å². The molecule has 1 aliphatic carbocycles. The van der Waals surface area contributed by atoms with E-state index in [1.807, 2.05) is 39.8 Å². The van der Waals surface area contributed by atoms with Crippen LogP contribution >= 0.6 is 0 Å². The first-order chi connectivity index (χ1) is 11.0. The molecule has 0 radical (unpaired) electrons. The van der Waals surface area contributed by atoms with E-state index in [9.17, 15) is 4.21 Å². The molecule has 0 spiro atoms. The Balaban J connectivity index is 2.24. The van der Waals surface area contributed by atoms with Gasteiger partial charge in [0.15, 0.2) is 0 Å². The largest absolute Gasteiger partial charge is 0.367 e. The number of aliphatic hydroxyl groups is 3. The molecule has 136 valence electrons. The molecule has 7 heteroatoms. The molecule has 1 aromatic rings. The molecule has 2 unspecified atom stereocenters. The minimum atomic E-state index is -2.95. The first-order valence-corrected chi connectivity index (χ1v) is 9.37. The summed E-state index contributed by atoms with van der Waals surface area (Å²) in [5.74, 6) is 0.198. The zero-order chi connectivity index (χ0) is 18.1. The van der Waals surface area contributed by atoms with E-state index >= 15 is 0 Å². The molecule has 1 saturated carbocycles. The third-order valence-corrected chi connectivity index (χ3v) is 6.04. The van der Waals surface area contributed by atoms with Crippen LogP contribution in [0.15, 0.2) is 18.2 Å². The number of rotatable bonds is 5. The van der Waals surface area contributed by atoms with Gasteiger partial charge in [0, 0.05) is 17.6 Å². The van der Waals surface area contributed by atoms with E-state index < -0.39 is 17.1 Å². The summed E-state index contributed by atoms with van der Waals surface area (Å²) >= 11 is 0. The van der Waals surface area contributed by atoms with Crippen LogP contribution in [0.5, 0.6) is 0 Å². The van der Waals surface area contributed by atoms with Crippen LogP contribution in [0.4, 0.5) is 5.69 Å². The van der Waals surface area contributed by atoms with Crippen LogP contribution in [0.2, 0.25) is 0 Å². The van der Waals surface area contributed by atoms with Gasteiger partial charge in [-0.15, -0.1) is 0 Å². The van der Waals surface area contributed by atoms with Crippen LogP contribution in [0, 0.1) is 6.92 Å². The van der Waals surface area contributed by atoms with E-state index in [4.69, 9.17) is 15.3 Å². The van der Waals surface area contributed by atoms with Crippen molar-refractivity contribution in [2.75, 3.05) is 5.32 Å². The number of benzene rings is 1. The number of anilines is 1. The fourth-order valence-electron chi connectivity index (χ4n) is 3.16. The number of hydrogen-bond donors (Lipinski definition) is 5. The first-order valence-electron chi connectivity index (χ1n) is 8.22. The molecule has 3 atom stereocenters. The predicted octanol–water partition coefficient (Wildman–Crippen LogP) is 1.68. The van der Waals surface area contributed by atoms with Crippen LogP contribution < -0.4 is 10.0 Å². The SMILES string of the molecule is Cc1c(NC(O)(O)O)cccc1C1CCC[C@H]1NS(=O)C(C)(C)C. The summed E-state index contributed by atoms with van der Waals surface area (Å²) in [6.07, 6.45) is 0.0223. The minimum absolute atomic E-state index is 0.112. The van der Waals surface area contributed by atoms with Crippen molar-refractivity contribution in [3.05, 3.63) is 29.3 Å². The predicted molar refractivity (Wildman–Crippen MR) is 95.6 cm³/mol. The van der Waals surface area contributed by atoms with E-state index in [-0.39, 0.29) is 16.7 Å². The van der Waals surface area contributed by atoms with Gasteiger partial charge in [0.05, 0.1) is 15.7 Å². The molecule has 0 saturated heterocycles. The summed E-state index contributed by atoms with van der Waals surface area (Å²) in [5, 5.41) is 29.8. The van der Waals surface area contributed by atoms with Crippen LogP contribution in [-0.2, 0) is 11.0 Å². The molecule has 0 bridgehead atoms. The van der Waals surface area contributed by atoms with Crippen molar-refractivity contribution < 1.29 is 19.5 Å². The number of hydrogen-bond acceptors (Lipinski definition) is 5. The van der Waals surface area contributed by atoms with Gasteiger partial charge in [-0.25, -0.2) is 8.93 Å². The minimum Gasteiger partial charge on any atom is -0.325 e. The quantitative estimate of drug-likeness (QED) is 0.517. The molecule has 6 nitrogen and oxygen atoms in total. The second kappa shape index (κ2) is 7.09. The van der Waals surface area contributed by atoms with Gasteiger partial charge in [0.2, 0.25) is 0 Å². The zero-order valence-electron chi connectivity index (χ0n) is 14.7. The molecule has 5 N–H and O–H groups in total. The van der Waals surface area contributed by atoms with Crippen molar-refractivity contribution in [3.8, 4) is 0 Å². The molecule has 2 rings (SSSR count). The molecule has 1 aliphatic rings. The Hall–Kier alpha value is -0.990. The summed E-state index contributed by atoms with van der Waals surface area (Å²) < 4.78 is 15.4. The van der Waals surface area contributed by atoms with Gasteiger partial charge >= 0.3 is 6.10 Å². The molecular weight excluding hydrogens is 328 g/mol. The van der Waals surface area contributed by atoms with Crippen molar-refractivity contribution in [1.82, 2.24) is 4.72 Å². The highest BCUT2D eigenvalue weighted by atomic mass is 32.2. The Morgan fingerprint density at radius 3 is 2.42 bits per heavy atom. The van der Waals surface area contributed by atoms with Gasteiger partial charge in [-0.3, -0.25) is 0 Å². The highest BCUT2D eigenvalue weighted by molar-refractivity contribution is 7.84. The van der Waals surface area contributed by atoms with E-state index in [0.29, 0.717) is 5.69 Å². The summed E-state index contributed by atoms with van der Waals surface area (Å²) in [5.41, 5.74) is 2.37. The van der Waals surface area contributed by atoms with Gasteiger partial charge in [0.25, 0.3) is 0 Å². The molecule has 24 heavy (non-hydrogen) atoms. The fraction of sp³-hybridized carbons (Fsp3) is 0.647. The van der Waals surface area contributed by atoms with Gasteiger partial charge in [-0.1, -0.05) is 18.6 Å². The molecule has 1 aromatic carbocycles. The zero-order valence-corrected chi connectivity index (χ0v) is 15.5. The molecule has 0 aromatic heterocycles. The van der Waals surface area contributed by atoms with E-state index in [2.05, 4.69) is 10.0 Å². The van der Waals surface area contributed by atoms with Crippen molar-refractivity contribution in [2.24, 2.45) is 0 Å². The Morgan fingerprint density at radius 1 is 1.17 bits per heavy atom. The van der Waals surface area contributed by atoms with Crippen molar-refractivity contribution in [1.29, 1.82) is 0 Å². The lowest BCUT2D eigenvalue weighted by Gasteiger charge is -2.27. The Bertz CT molecular complexity index is 608. The number of nitrogens with one attached hydrogen (secondary N) is 2. The lowest BCUT2D eigenvalue weighted by molar-refractivity contribution is -0.289. The lowest BCUT2D eigenvalue weighted by atomic mass is 9.90. The maximum atomic E-state index is 12.4. The summed E-state index contributed by atoms with van der Waals surface area (Å²) in [6.45, 7) is 7.71. The Labute approximate surface area is 145 Å². The van der Waals surface area contributed by atoms with Gasteiger partial charge < -0.3 is 20.6 Å². The third-order valence-electron chi connectivity index (χ3n) is 4.41. The van der Waals surface area contributed by atoms with Gasteiger partial charge in [-0.05, 0) is 57.7 Å². The van der Waals surface area contributed by atoms with Gasteiger partial charge in [0.1, 0.15) is 0 Å². The highest BCUT2D eigenvalue weighted by Crippen LogP contribution is 2.38. The molecule has 0 heterocycles. The molecule has 0 amide bonds. The second-order valence-corrected chi connectivity index (χ2v) is 9.42. The Kier molecular flexibility index (Phi) is 5.71. The molecule has 0 aliphatic heterocycles. The average molecular weight is 356 g/mol. The summed E-state index contributed by atoms with van der Waals surface area (Å²) in [7, 11) is -1.14. The summed E-state index contributed by atoms with van der Waals surface area (Å²) in [4.78, 5) is 0. The maximum Gasteiger partial charge on any atom is 0.367 e. The monoisotopic (exact) mass is 356 g/mol. The highest BCUT2D eigenvalue weighted by Gasteiger charge is 2.33. The van der Waals surface area contributed by atoms with Crippen molar-refractivity contribution >= 4 is 16.7 Å².